The first-order chi connectivity index (χ1) is 6.22. The summed E-state index contributed by atoms with van der Waals surface area (Å²) in [5.41, 5.74) is 7.57. The van der Waals surface area contributed by atoms with E-state index < -0.39 is 0 Å². The highest BCUT2D eigenvalue weighted by molar-refractivity contribution is 7.80. The zero-order valence-electron chi connectivity index (χ0n) is 6.52. The minimum Gasteiger partial charge on any atom is -0.375 e. The van der Waals surface area contributed by atoms with Gasteiger partial charge in [-0.25, -0.2) is 0 Å². The van der Waals surface area contributed by atoms with Crippen LogP contribution < -0.4 is 11.2 Å². The normalized spacial score (nSPS) is 9.77. The largest absolute Gasteiger partial charge is 0.375 e. The maximum Gasteiger partial charge on any atom is 0.184 e. The molecule has 66 valence electrons. The molecule has 0 aliphatic rings. The van der Waals surface area contributed by atoms with Gasteiger partial charge in [0.15, 0.2) is 5.11 Å². The zero-order valence-corrected chi connectivity index (χ0v) is 8.15. The van der Waals surface area contributed by atoms with Crippen LogP contribution in [0.4, 0.5) is 0 Å². The zero-order chi connectivity index (χ0) is 9.68. The minimum atomic E-state index is 0.119. The fourth-order valence-corrected chi connectivity index (χ4v) is 1.37. The first kappa shape index (κ1) is 9.64. The van der Waals surface area contributed by atoms with Gasteiger partial charge >= 0.3 is 0 Å². The molecule has 6 heteroatoms. The van der Waals surface area contributed by atoms with Crippen molar-refractivity contribution in [3.05, 3.63) is 21.9 Å². The molecule has 0 atom stereocenters. The highest BCUT2D eigenvalue weighted by Crippen LogP contribution is 2.12. The maximum absolute atomic E-state index is 8.52. The highest BCUT2D eigenvalue weighted by Gasteiger charge is 1.94. The molecule has 0 radical (unpaired) electrons. The SMILES string of the molecule is N#Cc1ccc(/C=N/NC(N)=S)s1. The third-order valence-electron chi connectivity index (χ3n) is 1.10. The van der Waals surface area contributed by atoms with E-state index >= 15 is 0 Å². The lowest BCUT2D eigenvalue weighted by molar-refractivity contribution is 1.04. The van der Waals surface area contributed by atoms with Crippen LogP contribution in [0.15, 0.2) is 17.2 Å². The number of hydrogen-bond acceptors (Lipinski definition) is 4. The molecule has 0 spiro atoms. The van der Waals surface area contributed by atoms with Crippen molar-refractivity contribution in [2.45, 2.75) is 0 Å². The molecule has 13 heavy (non-hydrogen) atoms. The molecule has 4 nitrogen and oxygen atoms in total. The van der Waals surface area contributed by atoms with Gasteiger partial charge in [-0.15, -0.1) is 11.3 Å². The van der Waals surface area contributed by atoms with Gasteiger partial charge in [-0.3, -0.25) is 5.43 Å². The van der Waals surface area contributed by atoms with Crippen LogP contribution in [0.1, 0.15) is 9.75 Å². The second-order valence-electron chi connectivity index (χ2n) is 2.05. The van der Waals surface area contributed by atoms with E-state index in [1.807, 2.05) is 6.07 Å². The number of nitrogens with one attached hydrogen (secondary N) is 1. The van der Waals surface area contributed by atoms with Gasteiger partial charge in [0.25, 0.3) is 0 Å². The van der Waals surface area contributed by atoms with Crippen LogP contribution in [0.5, 0.6) is 0 Å². The van der Waals surface area contributed by atoms with Crippen LogP contribution in [-0.2, 0) is 0 Å². The molecule has 0 unspecified atom stereocenters. The molecular weight excluding hydrogens is 204 g/mol. The van der Waals surface area contributed by atoms with Crippen LogP contribution in [-0.4, -0.2) is 11.3 Å². The van der Waals surface area contributed by atoms with Gasteiger partial charge in [0, 0.05) is 4.88 Å². The molecule has 1 heterocycles. The van der Waals surface area contributed by atoms with E-state index in [1.165, 1.54) is 11.3 Å². The van der Waals surface area contributed by atoms with E-state index in [1.54, 1.807) is 18.3 Å². The van der Waals surface area contributed by atoms with Gasteiger partial charge in [-0.2, -0.15) is 10.4 Å². The van der Waals surface area contributed by atoms with E-state index in [2.05, 4.69) is 22.7 Å². The standard InChI is InChI=1S/C7H6N4S2/c8-3-5-1-2-6(13-5)4-10-11-7(9)12/h1-2,4H,(H3,9,11,12)/b10-4+. The predicted octanol–water partition coefficient (Wildman–Crippen LogP) is 0.787. The smallest absolute Gasteiger partial charge is 0.184 e. The van der Waals surface area contributed by atoms with Crippen molar-refractivity contribution < 1.29 is 0 Å². The fourth-order valence-electron chi connectivity index (χ4n) is 0.642. The summed E-state index contributed by atoms with van der Waals surface area (Å²) in [6, 6.07) is 5.56. The molecule has 0 saturated heterocycles. The third kappa shape index (κ3) is 3.19. The lowest BCUT2D eigenvalue weighted by Gasteiger charge is -1.91. The maximum atomic E-state index is 8.52. The Balaban J connectivity index is 2.60. The van der Waals surface area contributed by atoms with E-state index in [-0.39, 0.29) is 5.11 Å². The van der Waals surface area contributed by atoms with Gasteiger partial charge in [0.2, 0.25) is 0 Å². The lowest BCUT2D eigenvalue weighted by Crippen LogP contribution is -2.23. The Morgan fingerprint density at radius 3 is 3.08 bits per heavy atom. The van der Waals surface area contributed by atoms with Crippen molar-refractivity contribution in [2.24, 2.45) is 10.8 Å². The van der Waals surface area contributed by atoms with Crippen LogP contribution in [0.3, 0.4) is 0 Å². The van der Waals surface area contributed by atoms with Gasteiger partial charge in [-0.1, -0.05) is 0 Å². The Morgan fingerprint density at radius 1 is 1.77 bits per heavy atom. The Morgan fingerprint density at radius 2 is 2.54 bits per heavy atom. The third-order valence-corrected chi connectivity index (χ3v) is 2.12. The van der Waals surface area contributed by atoms with E-state index in [0.29, 0.717) is 4.88 Å². The van der Waals surface area contributed by atoms with Crippen molar-refractivity contribution in [3.63, 3.8) is 0 Å². The number of nitriles is 1. The summed E-state index contributed by atoms with van der Waals surface area (Å²) in [7, 11) is 0. The molecule has 0 aliphatic heterocycles. The molecule has 1 aromatic rings. The summed E-state index contributed by atoms with van der Waals surface area (Å²) in [5, 5.41) is 12.4. The number of rotatable bonds is 2. The van der Waals surface area contributed by atoms with Crippen LogP contribution in [0.25, 0.3) is 0 Å². The second-order valence-corrected chi connectivity index (χ2v) is 3.60. The molecule has 0 aromatic carbocycles. The van der Waals surface area contributed by atoms with E-state index in [9.17, 15) is 0 Å². The molecule has 0 aliphatic carbocycles. The Bertz CT molecular complexity index is 374. The molecule has 1 aromatic heterocycles. The first-order valence-electron chi connectivity index (χ1n) is 3.31. The van der Waals surface area contributed by atoms with E-state index in [4.69, 9.17) is 11.0 Å². The minimum absolute atomic E-state index is 0.119. The number of nitrogens with two attached hydrogens (primary N) is 1. The molecule has 3 N–H and O–H groups in total. The second kappa shape index (κ2) is 4.54. The van der Waals surface area contributed by atoms with E-state index in [0.717, 1.165) is 4.88 Å². The Kier molecular flexibility index (Phi) is 3.37. The molecule has 1 rings (SSSR count). The molecule has 0 bridgehead atoms. The summed E-state index contributed by atoms with van der Waals surface area (Å²) in [6.07, 6.45) is 1.56. The van der Waals surface area contributed by atoms with Crippen LogP contribution in [0.2, 0.25) is 0 Å². The van der Waals surface area contributed by atoms with Crippen molar-refractivity contribution in [3.8, 4) is 6.07 Å². The first-order valence-corrected chi connectivity index (χ1v) is 4.53. The number of nitrogens with zero attached hydrogens (tertiary/aromatic N) is 2. The van der Waals surface area contributed by atoms with Crippen molar-refractivity contribution in [1.82, 2.24) is 5.43 Å². The molecular formula is C7H6N4S2. The quantitative estimate of drug-likeness (QED) is 0.430. The Hall–Kier alpha value is -1.45. The van der Waals surface area contributed by atoms with Gasteiger partial charge in [0.1, 0.15) is 10.9 Å². The lowest BCUT2D eigenvalue weighted by atomic mass is 10.4. The number of hydrazone groups is 1. The summed E-state index contributed by atoms with van der Waals surface area (Å²) in [4.78, 5) is 1.53. The number of thiophene rings is 1. The summed E-state index contributed by atoms with van der Waals surface area (Å²) in [5.74, 6) is 0. The van der Waals surface area contributed by atoms with Crippen molar-refractivity contribution in [2.75, 3.05) is 0 Å². The Labute approximate surface area is 84.7 Å². The average molecular weight is 210 g/mol. The van der Waals surface area contributed by atoms with Crippen molar-refractivity contribution in [1.29, 1.82) is 5.26 Å². The monoisotopic (exact) mass is 210 g/mol. The summed E-state index contributed by atoms with van der Waals surface area (Å²) < 4.78 is 0. The predicted molar refractivity (Wildman–Crippen MR) is 56.5 cm³/mol. The molecule has 0 saturated carbocycles. The van der Waals surface area contributed by atoms with Crippen LogP contribution >= 0.6 is 23.6 Å². The number of thiocarbonyl (C=S) groups is 1. The van der Waals surface area contributed by atoms with Gasteiger partial charge < -0.3 is 5.73 Å². The van der Waals surface area contributed by atoms with Gasteiger partial charge in [-0.05, 0) is 24.4 Å². The molecule has 0 amide bonds. The average Bonchev–Trinajstić information content (AvgIpc) is 2.52. The van der Waals surface area contributed by atoms with Crippen molar-refractivity contribution >= 4 is 34.9 Å². The fraction of sp³-hybridized carbons (Fsp3) is 0. The number of hydrogen-bond donors (Lipinski definition) is 2. The molecule has 0 fully saturated rings. The van der Waals surface area contributed by atoms with Gasteiger partial charge in [0.05, 0.1) is 6.21 Å². The highest BCUT2D eigenvalue weighted by atomic mass is 32.1. The topological polar surface area (TPSA) is 74.2 Å². The summed E-state index contributed by atoms with van der Waals surface area (Å²) in [6.45, 7) is 0. The van der Waals surface area contributed by atoms with Crippen LogP contribution in [0, 0.1) is 11.3 Å². The summed E-state index contributed by atoms with van der Waals surface area (Å²) >= 11 is 5.89.